The Balaban J connectivity index is 1.62. The molecule has 100 valence electrons. The third-order valence-electron chi connectivity index (χ3n) is 3.16. The summed E-state index contributed by atoms with van der Waals surface area (Å²) in [5, 5.41) is 11.4. The van der Waals surface area contributed by atoms with Crippen LogP contribution in [0.4, 0.5) is 0 Å². The molecule has 5 nitrogen and oxygen atoms in total. The second kappa shape index (κ2) is 5.40. The van der Waals surface area contributed by atoms with Gasteiger partial charge in [-0.25, -0.2) is 0 Å². The van der Waals surface area contributed by atoms with E-state index in [-0.39, 0.29) is 0 Å². The van der Waals surface area contributed by atoms with Crippen molar-refractivity contribution < 1.29 is 4.74 Å². The Labute approximate surface area is 112 Å². The fourth-order valence-electron chi connectivity index (χ4n) is 1.95. The number of aryl methyl sites for hydroxylation is 1. The van der Waals surface area contributed by atoms with E-state index in [4.69, 9.17) is 4.74 Å². The Morgan fingerprint density at radius 1 is 1.37 bits per heavy atom. The van der Waals surface area contributed by atoms with Crippen LogP contribution in [0, 0.1) is 0 Å². The fourth-order valence-corrected chi connectivity index (χ4v) is 1.95. The SMILES string of the molecule is Cn1cc(COc2ccccc2CNC2CC2)nn1. The minimum atomic E-state index is 0.453. The number of ether oxygens (including phenoxy) is 1. The molecule has 1 saturated carbocycles. The molecule has 1 aromatic carbocycles. The Morgan fingerprint density at radius 3 is 2.95 bits per heavy atom. The summed E-state index contributed by atoms with van der Waals surface area (Å²) in [6.07, 6.45) is 4.45. The molecule has 0 radical (unpaired) electrons. The van der Waals surface area contributed by atoms with E-state index >= 15 is 0 Å². The summed E-state index contributed by atoms with van der Waals surface area (Å²) in [6.45, 7) is 1.32. The molecule has 2 aromatic rings. The highest BCUT2D eigenvalue weighted by molar-refractivity contribution is 5.33. The summed E-state index contributed by atoms with van der Waals surface area (Å²) in [5.74, 6) is 0.918. The number of rotatable bonds is 6. The van der Waals surface area contributed by atoms with Crippen molar-refractivity contribution in [1.82, 2.24) is 20.3 Å². The van der Waals surface area contributed by atoms with E-state index in [0.29, 0.717) is 12.6 Å². The average Bonchev–Trinajstić information content (AvgIpc) is 3.17. The molecule has 0 unspecified atom stereocenters. The number of hydrogen-bond acceptors (Lipinski definition) is 4. The van der Waals surface area contributed by atoms with E-state index in [1.54, 1.807) is 4.68 Å². The summed E-state index contributed by atoms with van der Waals surface area (Å²) in [5.41, 5.74) is 2.03. The second-order valence-electron chi connectivity index (χ2n) is 4.94. The molecule has 0 bridgehead atoms. The van der Waals surface area contributed by atoms with Gasteiger partial charge in [0.25, 0.3) is 0 Å². The van der Waals surface area contributed by atoms with Crippen LogP contribution in [0.25, 0.3) is 0 Å². The van der Waals surface area contributed by atoms with Crippen molar-refractivity contribution in [3.63, 3.8) is 0 Å². The molecule has 1 aliphatic rings. The first kappa shape index (κ1) is 12.2. The van der Waals surface area contributed by atoms with Gasteiger partial charge >= 0.3 is 0 Å². The third kappa shape index (κ3) is 3.32. The van der Waals surface area contributed by atoms with Crippen molar-refractivity contribution in [2.75, 3.05) is 0 Å². The summed E-state index contributed by atoms with van der Waals surface area (Å²) >= 11 is 0. The molecule has 0 amide bonds. The van der Waals surface area contributed by atoms with Crippen molar-refractivity contribution in [2.24, 2.45) is 7.05 Å². The van der Waals surface area contributed by atoms with Gasteiger partial charge < -0.3 is 10.1 Å². The quantitative estimate of drug-likeness (QED) is 0.856. The zero-order chi connectivity index (χ0) is 13.1. The molecule has 1 fully saturated rings. The van der Waals surface area contributed by atoms with E-state index in [9.17, 15) is 0 Å². The van der Waals surface area contributed by atoms with Crippen molar-refractivity contribution in [3.8, 4) is 5.75 Å². The topological polar surface area (TPSA) is 52.0 Å². The lowest BCUT2D eigenvalue weighted by atomic mass is 10.2. The highest BCUT2D eigenvalue weighted by Crippen LogP contribution is 2.23. The molecule has 0 aliphatic heterocycles. The van der Waals surface area contributed by atoms with E-state index in [1.165, 1.54) is 18.4 Å². The Hall–Kier alpha value is -1.88. The standard InChI is InChI=1S/C14H18N4O/c1-18-9-13(16-17-18)10-19-14-5-3-2-4-11(14)8-15-12-6-7-12/h2-5,9,12,15H,6-8,10H2,1H3. The number of aromatic nitrogens is 3. The first-order valence-corrected chi connectivity index (χ1v) is 6.60. The first-order chi connectivity index (χ1) is 9.31. The largest absolute Gasteiger partial charge is 0.487 e. The zero-order valence-electron chi connectivity index (χ0n) is 11.0. The molecular weight excluding hydrogens is 240 g/mol. The predicted octanol–water partition coefficient (Wildman–Crippen LogP) is 1.65. The molecule has 0 atom stereocenters. The molecule has 0 saturated heterocycles. The number of benzene rings is 1. The molecule has 1 aliphatic carbocycles. The minimum absolute atomic E-state index is 0.453. The smallest absolute Gasteiger partial charge is 0.134 e. The summed E-state index contributed by atoms with van der Waals surface area (Å²) < 4.78 is 7.51. The first-order valence-electron chi connectivity index (χ1n) is 6.60. The van der Waals surface area contributed by atoms with Gasteiger partial charge in [0.15, 0.2) is 0 Å². The molecule has 1 aromatic heterocycles. The lowest BCUT2D eigenvalue weighted by Gasteiger charge is -2.10. The zero-order valence-corrected chi connectivity index (χ0v) is 11.0. The van der Waals surface area contributed by atoms with Gasteiger partial charge in [0.2, 0.25) is 0 Å². The number of para-hydroxylation sites is 1. The second-order valence-corrected chi connectivity index (χ2v) is 4.94. The van der Waals surface area contributed by atoms with Gasteiger partial charge in [0, 0.05) is 25.2 Å². The molecule has 1 N–H and O–H groups in total. The van der Waals surface area contributed by atoms with Crippen LogP contribution in [0.1, 0.15) is 24.1 Å². The lowest BCUT2D eigenvalue weighted by molar-refractivity contribution is 0.297. The normalized spacial score (nSPS) is 14.6. The summed E-state index contributed by atoms with van der Waals surface area (Å²) in [6, 6.07) is 8.83. The van der Waals surface area contributed by atoms with Crippen LogP contribution in [0.5, 0.6) is 5.75 Å². The Morgan fingerprint density at radius 2 is 2.21 bits per heavy atom. The summed E-state index contributed by atoms with van der Waals surface area (Å²) in [7, 11) is 1.85. The van der Waals surface area contributed by atoms with Gasteiger partial charge in [-0.05, 0) is 18.9 Å². The molecular formula is C14H18N4O. The molecule has 19 heavy (non-hydrogen) atoms. The maximum Gasteiger partial charge on any atom is 0.134 e. The van der Waals surface area contributed by atoms with Gasteiger partial charge in [-0.1, -0.05) is 23.4 Å². The Bertz CT molecular complexity index is 548. The van der Waals surface area contributed by atoms with E-state index in [0.717, 1.165) is 18.0 Å². The summed E-state index contributed by atoms with van der Waals surface area (Å²) in [4.78, 5) is 0. The molecule has 1 heterocycles. The van der Waals surface area contributed by atoms with Gasteiger partial charge in [-0.3, -0.25) is 4.68 Å². The van der Waals surface area contributed by atoms with Crippen LogP contribution < -0.4 is 10.1 Å². The third-order valence-corrected chi connectivity index (χ3v) is 3.16. The average molecular weight is 258 g/mol. The van der Waals surface area contributed by atoms with Crippen LogP contribution >= 0.6 is 0 Å². The van der Waals surface area contributed by atoms with Crippen LogP contribution in [-0.2, 0) is 20.2 Å². The number of nitrogens with one attached hydrogen (secondary N) is 1. The number of hydrogen-bond donors (Lipinski definition) is 1. The van der Waals surface area contributed by atoms with Crippen molar-refractivity contribution >= 4 is 0 Å². The predicted molar refractivity (Wildman–Crippen MR) is 71.6 cm³/mol. The van der Waals surface area contributed by atoms with Gasteiger partial charge in [-0.15, -0.1) is 5.10 Å². The van der Waals surface area contributed by atoms with Crippen LogP contribution in [-0.4, -0.2) is 21.0 Å². The van der Waals surface area contributed by atoms with Gasteiger partial charge in [0.1, 0.15) is 18.1 Å². The Kier molecular flexibility index (Phi) is 3.46. The van der Waals surface area contributed by atoms with Crippen molar-refractivity contribution in [1.29, 1.82) is 0 Å². The molecule has 5 heteroatoms. The van der Waals surface area contributed by atoms with Gasteiger partial charge in [0.05, 0.1) is 6.20 Å². The van der Waals surface area contributed by atoms with Crippen LogP contribution in [0.15, 0.2) is 30.5 Å². The maximum absolute atomic E-state index is 5.83. The lowest BCUT2D eigenvalue weighted by Crippen LogP contribution is -2.16. The van der Waals surface area contributed by atoms with Gasteiger partial charge in [-0.2, -0.15) is 0 Å². The number of nitrogens with zero attached hydrogens (tertiary/aromatic N) is 3. The van der Waals surface area contributed by atoms with Crippen LogP contribution in [0.2, 0.25) is 0 Å². The molecule has 0 spiro atoms. The molecule has 3 rings (SSSR count). The highest BCUT2D eigenvalue weighted by atomic mass is 16.5. The van der Waals surface area contributed by atoms with E-state index in [1.807, 2.05) is 31.4 Å². The van der Waals surface area contributed by atoms with E-state index in [2.05, 4.69) is 21.7 Å². The van der Waals surface area contributed by atoms with Crippen molar-refractivity contribution in [3.05, 3.63) is 41.7 Å². The fraction of sp³-hybridized carbons (Fsp3) is 0.429. The van der Waals surface area contributed by atoms with E-state index < -0.39 is 0 Å². The maximum atomic E-state index is 5.83. The van der Waals surface area contributed by atoms with Crippen molar-refractivity contribution in [2.45, 2.75) is 32.0 Å². The minimum Gasteiger partial charge on any atom is -0.487 e. The highest BCUT2D eigenvalue weighted by Gasteiger charge is 2.20. The van der Waals surface area contributed by atoms with Crippen LogP contribution in [0.3, 0.4) is 0 Å². The monoisotopic (exact) mass is 258 g/mol.